The van der Waals surface area contributed by atoms with Gasteiger partial charge in [-0.05, 0) is 24.3 Å². The summed E-state index contributed by atoms with van der Waals surface area (Å²) >= 11 is 6.13. The van der Waals surface area contributed by atoms with E-state index in [2.05, 4.69) is 4.98 Å². The van der Waals surface area contributed by atoms with Crippen LogP contribution in [0, 0.1) is 0 Å². The van der Waals surface area contributed by atoms with Crippen LogP contribution in [0.15, 0.2) is 36.5 Å². The van der Waals surface area contributed by atoms with Gasteiger partial charge in [0.15, 0.2) is 0 Å². The van der Waals surface area contributed by atoms with Crippen molar-refractivity contribution in [3.63, 3.8) is 0 Å². The number of aromatic nitrogens is 1. The summed E-state index contributed by atoms with van der Waals surface area (Å²) in [5.41, 5.74) is 8.61. The quantitative estimate of drug-likeness (QED) is 0.804. The SMILES string of the molecule is CN(Cc1ccc[nH]1)c1c(N)cccc1Cl. The van der Waals surface area contributed by atoms with Gasteiger partial charge in [-0.2, -0.15) is 0 Å². The lowest BCUT2D eigenvalue weighted by atomic mass is 10.2. The first-order chi connectivity index (χ1) is 7.68. The number of rotatable bonds is 3. The van der Waals surface area contributed by atoms with Crippen LogP contribution < -0.4 is 10.6 Å². The van der Waals surface area contributed by atoms with Crippen LogP contribution in [0.4, 0.5) is 11.4 Å². The third-order valence-electron chi connectivity index (χ3n) is 2.47. The molecular formula is C12H14ClN3. The van der Waals surface area contributed by atoms with Crippen LogP contribution in [0.5, 0.6) is 0 Å². The Morgan fingerprint density at radius 2 is 2.12 bits per heavy atom. The minimum atomic E-state index is 0.675. The number of para-hydroxylation sites is 1. The van der Waals surface area contributed by atoms with Gasteiger partial charge in [-0.15, -0.1) is 0 Å². The molecule has 0 saturated carbocycles. The molecule has 84 valence electrons. The number of H-pyrrole nitrogens is 1. The molecule has 0 fully saturated rings. The molecule has 0 spiro atoms. The molecule has 0 aliphatic heterocycles. The molecule has 2 aromatic rings. The number of nitrogens with one attached hydrogen (secondary N) is 1. The van der Waals surface area contributed by atoms with E-state index in [0.717, 1.165) is 17.9 Å². The summed E-state index contributed by atoms with van der Waals surface area (Å²) in [6.45, 7) is 0.751. The lowest BCUT2D eigenvalue weighted by Crippen LogP contribution is -2.18. The molecule has 0 radical (unpaired) electrons. The highest BCUT2D eigenvalue weighted by Crippen LogP contribution is 2.31. The van der Waals surface area contributed by atoms with Gasteiger partial charge in [-0.3, -0.25) is 0 Å². The van der Waals surface area contributed by atoms with Crippen molar-refractivity contribution in [1.82, 2.24) is 4.98 Å². The van der Waals surface area contributed by atoms with Gasteiger partial charge in [-0.1, -0.05) is 17.7 Å². The number of anilines is 2. The molecule has 0 aliphatic carbocycles. The van der Waals surface area contributed by atoms with Crippen LogP contribution in [-0.4, -0.2) is 12.0 Å². The molecule has 2 rings (SSSR count). The normalized spacial score (nSPS) is 10.4. The molecule has 3 N–H and O–H groups in total. The van der Waals surface area contributed by atoms with Crippen LogP contribution in [0.1, 0.15) is 5.69 Å². The molecule has 1 aromatic carbocycles. The first kappa shape index (κ1) is 10.9. The molecule has 4 heteroatoms. The number of nitrogens with zero attached hydrogens (tertiary/aromatic N) is 1. The molecule has 0 bridgehead atoms. The molecule has 3 nitrogen and oxygen atoms in total. The van der Waals surface area contributed by atoms with Crippen LogP contribution >= 0.6 is 11.6 Å². The maximum absolute atomic E-state index is 6.13. The Morgan fingerprint density at radius 1 is 1.31 bits per heavy atom. The second-order valence-electron chi connectivity index (χ2n) is 3.73. The van der Waals surface area contributed by atoms with E-state index in [1.807, 2.05) is 48.5 Å². The van der Waals surface area contributed by atoms with Gasteiger partial charge in [0.25, 0.3) is 0 Å². The lowest BCUT2D eigenvalue weighted by Gasteiger charge is -2.21. The van der Waals surface area contributed by atoms with Gasteiger partial charge in [0.1, 0.15) is 0 Å². The number of benzene rings is 1. The molecule has 0 atom stereocenters. The Kier molecular flexibility index (Phi) is 3.06. The molecule has 0 aliphatic rings. The molecule has 0 amide bonds. The highest BCUT2D eigenvalue weighted by molar-refractivity contribution is 6.33. The number of hydrogen-bond donors (Lipinski definition) is 2. The zero-order chi connectivity index (χ0) is 11.5. The first-order valence-corrected chi connectivity index (χ1v) is 5.43. The summed E-state index contributed by atoms with van der Waals surface area (Å²) in [5, 5.41) is 0.675. The van der Waals surface area contributed by atoms with E-state index < -0.39 is 0 Å². The van der Waals surface area contributed by atoms with E-state index in [1.165, 1.54) is 0 Å². The second kappa shape index (κ2) is 4.49. The molecule has 1 aromatic heterocycles. The Balaban J connectivity index is 2.24. The minimum Gasteiger partial charge on any atom is -0.397 e. The Hall–Kier alpha value is -1.61. The topological polar surface area (TPSA) is 45.0 Å². The number of halogens is 1. The van der Waals surface area contributed by atoms with Gasteiger partial charge in [0.05, 0.1) is 22.9 Å². The Labute approximate surface area is 99.8 Å². The number of aromatic amines is 1. The van der Waals surface area contributed by atoms with Crippen LogP contribution in [0.2, 0.25) is 5.02 Å². The molecule has 0 saturated heterocycles. The van der Waals surface area contributed by atoms with Crippen LogP contribution in [0.3, 0.4) is 0 Å². The fourth-order valence-corrected chi connectivity index (χ4v) is 2.06. The highest BCUT2D eigenvalue weighted by Gasteiger charge is 2.10. The monoisotopic (exact) mass is 235 g/mol. The third-order valence-corrected chi connectivity index (χ3v) is 2.77. The van der Waals surface area contributed by atoms with E-state index in [-0.39, 0.29) is 0 Å². The molecular weight excluding hydrogens is 222 g/mol. The van der Waals surface area contributed by atoms with E-state index >= 15 is 0 Å². The van der Waals surface area contributed by atoms with Gasteiger partial charge in [-0.25, -0.2) is 0 Å². The lowest BCUT2D eigenvalue weighted by molar-refractivity contribution is 0.896. The molecule has 16 heavy (non-hydrogen) atoms. The van der Waals surface area contributed by atoms with Crippen molar-refractivity contribution in [1.29, 1.82) is 0 Å². The maximum Gasteiger partial charge on any atom is 0.0790 e. The van der Waals surface area contributed by atoms with E-state index in [0.29, 0.717) is 10.7 Å². The fraction of sp³-hybridized carbons (Fsp3) is 0.167. The highest BCUT2D eigenvalue weighted by atomic mass is 35.5. The zero-order valence-corrected chi connectivity index (χ0v) is 9.83. The van der Waals surface area contributed by atoms with E-state index in [1.54, 1.807) is 0 Å². The van der Waals surface area contributed by atoms with Crippen molar-refractivity contribution in [3.05, 3.63) is 47.2 Å². The van der Waals surface area contributed by atoms with Crippen molar-refractivity contribution >= 4 is 23.0 Å². The maximum atomic E-state index is 6.13. The third kappa shape index (κ3) is 2.14. The Bertz CT molecular complexity index is 445. The van der Waals surface area contributed by atoms with Crippen molar-refractivity contribution < 1.29 is 0 Å². The van der Waals surface area contributed by atoms with Crippen molar-refractivity contribution in [3.8, 4) is 0 Å². The van der Waals surface area contributed by atoms with Crippen molar-refractivity contribution in [2.75, 3.05) is 17.7 Å². The standard InChI is InChI=1S/C12H14ClN3/c1-16(8-9-4-3-7-15-9)12-10(13)5-2-6-11(12)14/h2-7,15H,8,14H2,1H3. The second-order valence-corrected chi connectivity index (χ2v) is 4.14. The summed E-state index contributed by atoms with van der Waals surface area (Å²) < 4.78 is 0. The summed E-state index contributed by atoms with van der Waals surface area (Å²) in [5.74, 6) is 0. The summed E-state index contributed by atoms with van der Waals surface area (Å²) in [6, 6.07) is 9.55. The smallest absolute Gasteiger partial charge is 0.0790 e. The molecule has 0 unspecified atom stereocenters. The van der Waals surface area contributed by atoms with Crippen molar-refractivity contribution in [2.45, 2.75) is 6.54 Å². The van der Waals surface area contributed by atoms with E-state index in [9.17, 15) is 0 Å². The largest absolute Gasteiger partial charge is 0.397 e. The fourth-order valence-electron chi connectivity index (χ4n) is 1.74. The number of nitrogens with two attached hydrogens (primary N) is 1. The first-order valence-electron chi connectivity index (χ1n) is 5.06. The predicted octanol–water partition coefficient (Wildman–Crippen LogP) is 2.89. The average Bonchev–Trinajstić information content (AvgIpc) is 2.70. The summed E-state index contributed by atoms with van der Waals surface area (Å²) in [7, 11) is 1.97. The Morgan fingerprint density at radius 3 is 2.75 bits per heavy atom. The predicted molar refractivity (Wildman–Crippen MR) is 68.8 cm³/mol. The zero-order valence-electron chi connectivity index (χ0n) is 9.07. The molecule has 1 heterocycles. The summed E-state index contributed by atoms with van der Waals surface area (Å²) in [6.07, 6.45) is 1.90. The average molecular weight is 236 g/mol. The number of nitrogen functional groups attached to an aromatic ring is 1. The van der Waals surface area contributed by atoms with Crippen LogP contribution in [0.25, 0.3) is 0 Å². The minimum absolute atomic E-state index is 0.675. The van der Waals surface area contributed by atoms with Gasteiger partial charge < -0.3 is 15.6 Å². The number of hydrogen-bond acceptors (Lipinski definition) is 2. The summed E-state index contributed by atoms with van der Waals surface area (Å²) in [4.78, 5) is 5.18. The van der Waals surface area contributed by atoms with E-state index in [4.69, 9.17) is 17.3 Å². The van der Waals surface area contributed by atoms with Crippen molar-refractivity contribution in [2.24, 2.45) is 0 Å². The van der Waals surface area contributed by atoms with Gasteiger partial charge in [0.2, 0.25) is 0 Å². The van der Waals surface area contributed by atoms with Crippen LogP contribution in [-0.2, 0) is 6.54 Å². The van der Waals surface area contributed by atoms with Gasteiger partial charge in [0, 0.05) is 18.9 Å². The van der Waals surface area contributed by atoms with Gasteiger partial charge >= 0.3 is 0 Å².